The molecule has 0 saturated heterocycles. The molecular formula is C14H32N2O2. The van der Waals surface area contributed by atoms with Crippen LogP contribution >= 0.6 is 0 Å². The molecule has 1 N–H and O–H groups in total. The van der Waals surface area contributed by atoms with Crippen molar-refractivity contribution < 1.29 is 9.47 Å². The van der Waals surface area contributed by atoms with E-state index in [2.05, 4.69) is 37.9 Å². The van der Waals surface area contributed by atoms with Gasteiger partial charge in [0.15, 0.2) is 0 Å². The first-order chi connectivity index (χ1) is 8.51. The Morgan fingerprint density at radius 2 is 1.83 bits per heavy atom. The minimum Gasteiger partial charge on any atom is -0.383 e. The Balaban J connectivity index is 4.23. The molecule has 4 nitrogen and oxygen atoms in total. The molecule has 0 fully saturated rings. The highest BCUT2D eigenvalue weighted by molar-refractivity contribution is 4.85. The summed E-state index contributed by atoms with van der Waals surface area (Å²) in [5, 5.41) is 3.53. The lowest BCUT2D eigenvalue weighted by molar-refractivity contribution is -0.0147. The third kappa shape index (κ3) is 6.69. The van der Waals surface area contributed by atoms with Gasteiger partial charge in [-0.05, 0) is 39.9 Å². The maximum Gasteiger partial charge on any atom is 0.0775 e. The summed E-state index contributed by atoms with van der Waals surface area (Å²) in [6.45, 7) is 13.5. The van der Waals surface area contributed by atoms with E-state index in [-0.39, 0.29) is 5.60 Å². The van der Waals surface area contributed by atoms with Gasteiger partial charge >= 0.3 is 0 Å². The van der Waals surface area contributed by atoms with Crippen LogP contribution in [0.3, 0.4) is 0 Å². The molecule has 110 valence electrons. The first-order valence-electron chi connectivity index (χ1n) is 7.01. The van der Waals surface area contributed by atoms with Gasteiger partial charge in [0.05, 0.1) is 12.2 Å². The molecule has 0 radical (unpaired) electrons. The van der Waals surface area contributed by atoms with Crippen LogP contribution in [-0.2, 0) is 9.47 Å². The van der Waals surface area contributed by atoms with E-state index < -0.39 is 0 Å². The Bertz CT molecular complexity index is 198. The summed E-state index contributed by atoms with van der Waals surface area (Å²) >= 11 is 0. The fourth-order valence-electron chi connectivity index (χ4n) is 2.04. The number of methoxy groups -OCH3 is 2. The minimum atomic E-state index is -0.128. The number of nitrogens with one attached hydrogen (secondary N) is 1. The van der Waals surface area contributed by atoms with Gasteiger partial charge in [0.25, 0.3) is 0 Å². The van der Waals surface area contributed by atoms with Gasteiger partial charge in [0.1, 0.15) is 0 Å². The Labute approximate surface area is 113 Å². The molecule has 0 rings (SSSR count). The average Bonchev–Trinajstić information content (AvgIpc) is 2.37. The second-order valence-corrected chi connectivity index (χ2v) is 5.13. The predicted molar refractivity (Wildman–Crippen MR) is 77.2 cm³/mol. The quantitative estimate of drug-likeness (QED) is 0.614. The van der Waals surface area contributed by atoms with E-state index in [0.717, 1.165) is 39.2 Å². The van der Waals surface area contributed by atoms with Gasteiger partial charge in [-0.15, -0.1) is 0 Å². The fraction of sp³-hybridized carbons (Fsp3) is 1.00. The number of likely N-dealkylation sites (N-methyl/N-ethyl adjacent to an activating group) is 2. The third-order valence-electron chi connectivity index (χ3n) is 3.61. The topological polar surface area (TPSA) is 33.7 Å². The molecule has 0 aliphatic rings. The number of hydrogen-bond donors (Lipinski definition) is 1. The number of rotatable bonds is 11. The minimum absolute atomic E-state index is 0.128. The molecule has 0 spiro atoms. The lowest BCUT2D eigenvalue weighted by Gasteiger charge is -2.35. The summed E-state index contributed by atoms with van der Waals surface area (Å²) in [5.41, 5.74) is -0.128. The van der Waals surface area contributed by atoms with Crippen molar-refractivity contribution in [1.82, 2.24) is 10.2 Å². The van der Waals surface area contributed by atoms with Crippen molar-refractivity contribution in [3.63, 3.8) is 0 Å². The van der Waals surface area contributed by atoms with E-state index in [1.165, 1.54) is 0 Å². The van der Waals surface area contributed by atoms with Crippen molar-refractivity contribution in [2.24, 2.45) is 0 Å². The monoisotopic (exact) mass is 260 g/mol. The Morgan fingerprint density at radius 1 is 1.17 bits per heavy atom. The van der Waals surface area contributed by atoms with Crippen molar-refractivity contribution >= 4 is 0 Å². The molecule has 0 aromatic heterocycles. The summed E-state index contributed by atoms with van der Waals surface area (Å²) < 4.78 is 10.7. The first kappa shape index (κ1) is 17.8. The highest BCUT2D eigenvalue weighted by atomic mass is 16.5. The lowest BCUT2D eigenvalue weighted by atomic mass is 9.95. The van der Waals surface area contributed by atoms with E-state index in [1.807, 2.05) is 0 Å². The van der Waals surface area contributed by atoms with E-state index >= 15 is 0 Å². The van der Waals surface area contributed by atoms with E-state index in [0.29, 0.717) is 6.04 Å². The van der Waals surface area contributed by atoms with Crippen LogP contribution in [0.5, 0.6) is 0 Å². The zero-order valence-electron chi connectivity index (χ0n) is 13.1. The molecule has 1 atom stereocenters. The van der Waals surface area contributed by atoms with Crippen molar-refractivity contribution in [1.29, 1.82) is 0 Å². The summed E-state index contributed by atoms with van der Waals surface area (Å²) in [7, 11) is 3.54. The number of ether oxygens (including phenoxy) is 2. The van der Waals surface area contributed by atoms with Crippen LogP contribution in [0.2, 0.25) is 0 Å². The molecule has 0 aliphatic heterocycles. The summed E-state index contributed by atoms with van der Waals surface area (Å²) in [5.74, 6) is 0. The second-order valence-electron chi connectivity index (χ2n) is 5.13. The smallest absolute Gasteiger partial charge is 0.0775 e. The van der Waals surface area contributed by atoms with Gasteiger partial charge in [-0.2, -0.15) is 0 Å². The first-order valence-corrected chi connectivity index (χ1v) is 7.01. The van der Waals surface area contributed by atoms with Crippen LogP contribution in [-0.4, -0.2) is 63.5 Å². The third-order valence-corrected chi connectivity index (χ3v) is 3.61. The number of nitrogens with zero attached hydrogens (tertiary/aromatic N) is 1. The zero-order valence-corrected chi connectivity index (χ0v) is 13.1. The standard InChI is InChI=1S/C14H32N2O2/c1-7-15-13(14(3,4)18-6)9-10-16(8-2)11-12-17-5/h13,15H,7-12H2,1-6H3. The van der Waals surface area contributed by atoms with E-state index in [9.17, 15) is 0 Å². The fourth-order valence-corrected chi connectivity index (χ4v) is 2.04. The van der Waals surface area contributed by atoms with Gasteiger partial charge in [-0.3, -0.25) is 0 Å². The van der Waals surface area contributed by atoms with Crippen molar-refractivity contribution in [3.8, 4) is 0 Å². The number of hydrogen-bond acceptors (Lipinski definition) is 4. The molecule has 0 saturated carbocycles. The van der Waals surface area contributed by atoms with Crippen molar-refractivity contribution in [3.05, 3.63) is 0 Å². The van der Waals surface area contributed by atoms with Crippen LogP contribution in [0.25, 0.3) is 0 Å². The van der Waals surface area contributed by atoms with Gasteiger partial charge in [-0.1, -0.05) is 13.8 Å². The molecule has 0 aromatic rings. The largest absolute Gasteiger partial charge is 0.383 e. The normalized spacial score (nSPS) is 14.2. The second kappa shape index (κ2) is 9.73. The molecule has 0 aliphatic carbocycles. The molecule has 18 heavy (non-hydrogen) atoms. The molecule has 0 bridgehead atoms. The van der Waals surface area contributed by atoms with Crippen LogP contribution in [0, 0.1) is 0 Å². The predicted octanol–water partition coefficient (Wildman–Crippen LogP) is 1.75. The van der Waals surface area contributed by atoms with Crippen molar-refractivity contribution in [2.45, 2.75) is 45.8 Å². The molecule has 0 heterocycles. The van der Waals surface area contributed by atoms with Crippen LogP contribution in [0.4, 0.5) is 0 Å². The highest BCUT2D eigenvalue weighted by Crippen LogP contribution is 2.17. The van der Waals surface area contributed by atoms with Crippen LogP contribution in [0.15, 0.2) is 0 Å². The van der Waals surface area contributed by atoms with E-state index in [4.69, 9.17) is 9.47 Å². The Morgan fingerprint density at radius 3 is 2.28 bits per heavy atom. The van der Waals surface area contributed by atoms with Crippen molar-refractivity contribution in [2.75, 3.05) is 47.0 Å². The van der Waals surface area contributed by atoms with Crippen LogP contribution < -0.4 is 5.32 Å². The average molecular weight is 260 g/mol. The van der Waals surface area contributed by atoms with Crippen LogP contribution in [0.1, 0.15) is 34.1 Å². The zero-order chi connectivity index (χ0) is 14.0. The van der Waals surface area contributed by atoms with Gasteiger partial charge in [-0.25, -0.2) is 0 Å². The molecule has 0 aromatic carbocycles. The summed E-state index contributed by atoms with van der Waals surface area (Å²) in [4.78, 5) is 2.42. The summed E-state index contributed by atoms with van der Waals surface area (Å²) in [6, 6.07) is 0.379. The Hall–Kier alpha value is -0.160. The van der Waals surface area contributed by atoms with E-state index in [1.54, 1.807) is 14.2 Å². The maximum atomic E-state index is 5.59. The summed E-state index contributed by atoms with van der Waals surface area (Å²) in [6.07, 6.45) is 1.09. The van der Waals surface area contributed by atoms with Gasteiger partial charge in [0.2, 0.25) is 0 Å². The highest BCUT2D eigenvalue weighted by Gasteiger charge is 2.28. The molecule has 4 heteroatoms. The molecule has 0 amide bonds. The lowest BCUT2D eigenvalue weighted by Crippen LogP contribution is -2.49. The SMILES string of the molecule is CCNC(CCN(CC)CCOC)C(C)(C)OC. The molecular weight excluding hydrogens is 228 g/mol. The Kier molecular flexibility index (Phi) is 9.64. The molecule has 1 unspecified atom stereocenters. The maximum absolute atomic E-state index is 5.59. The van der Waals surface area contributed by atoms with Gasteiger partial charge in [0, 0.05) is 26.8 Å². The van der Waals surface area contributed by atoms with Gasteiger partial charge < -0.3 is 19.7 Å².